The van der Waals surface area contributed by atoms with Gasteiger partial charge in [-0.05, 0) is 42.0 Å². The number of aryl methyl sites for hydroxylation is 2. The van der Waals surface area contributed by atoms with Crippen LogP contribution < -0.4 is 5.90 Å². The smallest absolute Gasteiger partial charge is 0.119 e. The van der Waals surface area contributed by atoms with Gasteiger partial charge in [0.2, 0.25) is 0 Å². The van der Waals surface area contributed by atoms with Gasteiger partial charge in [-0.3, -0.25) is 0 Å². The first-order chi connectivity index (χ1) is 6.81. The van der Waals surface area contributed by atoms with Gasteiger partial charge in [-0.15, -0.1) is 0 Å². The summed E-state index contributed by atoms with van der Waals surface area (Å²) in [6.07, 6.45) is 4.10. The van der Waals surface area contributed by atoms with E-state index in [4.69, 9.17) is 5.90 Å². The van der Waals surface area contributed by atoms with Crippen LogP contribution in [0.2, 0.25) is 0 Å². The molecule has 1 aliphatic rings. The second-order valence-electron chi connectivity index (χ2n) is 3.72. The lowest BCUT2D eigenvalue weighted by Gasteiger charge is -2.07. The number of aromatic hydroxyl groups is 1. The van der Waals surface area contributed by atoms with E-state index in [2.05, 4.69) is 10.9 Å². The summed E-state index contributed by atoms with van der Waals surface area (Å²) in [5.41, 5.74) is 3.60. The van der Waals surface area contributed by atoms with Crippen LogP contribution >= 0.6 is 0 Å². The molecule has 3 heteroatoms. The van der Waals surface area contributed by atoms with Gasteiger partial charge in [0.15, 0.2) is 0 Å². The maximum absolute atomic E-state index is 9.70. The van der Waals surface area contributed by atoms with Crippen molar-refractivity contribution in [1.29, 1.82) is 0 Å². The Balaban J connectivity index is 2.23. The second kappa shape index (κ2) is 3.98. The molecule has 0 spiro atoms. The van der Waals surface area contributed by atoms with Crippen molar-refractivity contribution in [2.75, 3.05) is 6.61 Å². The molecule has 0 aromatic heterocycles. The van der Waals surface area contributed by atoms with Gasteiger partial charge in [-0.1, -0.05) is 6.07 Å². The third-order valence-electron chi connectivity index (χ3n) is 2.78. The minimum atomic E-state index is 0.378. The molecular formula is C11H15NO2. The maximum atomic E-state index is 9.70. The molecule has 1 aromatic rings. The van der Waals surface area contributed by atoms with Crippen molar-refractivity contribution in [1.82, 2.24) is 0 Å². The van der Waals surface area contributed by atoms with Crippen molar-refractivity contribution in [2.24, 2.45) is 5.90 Å². The highest BCUT2D eigenvalue weighted by Crippen LogP contribution is 2.29. The number of phenols is 1. The van der Waals surface area contributed by atoms with E-state index >= 15 is 0 Å². The summed E-state index contributed by atoms with van der Waals surface area (Å²) in [4.78, 5) is 4.51. The average Bonchev–Trinajstić information content (AvgIpc) is 2.61. The summed E-state index contributed by atoms with van der Waals surface area (Å²) in [5.74, 6) is 5.34. The van der Waals surface area contributed by atoms with E-state index in [9.17, 15) is 5.11 Å². The molecule has 76 valence electrons. The van der Waals surface area contributed by atoms with E-state index in [0.29, 0.717) is 18.8 Å². The zero-order valence-corrected chi connectivity index (χ0v) is 8.12. The summed E-state index contributed by atoms with van der Waals surface area (Å²) < 4.78 is 0. The van der Waals surface area contributed by atoms with E-state index in [1.165, 1.54) is 17.5 Å². The van der Waals surface area contributed by atoms with Crippen LogP contribution in [0, 0.1) is 0 Å². The average molecular weight is 193 g/mol. The molecular weight excluding hydrogens is 178 g/mol. The summed E-state index contributed by atoms with van der Waals surface area (Å²) >= 11 is 0. The van der Waals surface area contributed by atoms with Gasteiger partial charge in [0.25, 0.3) is 0 Å². The third kappa shape index (κ3) is 1.74. The zero-order valence-electron chi connectivity index (χ0n) is 8.12. The predicted molar refractivity (Wildman–Crippen MR) is 54.0 cm³/mol. The SMILES string of the molecule is NOCCc1cc2c(cc1O)CCC2. The third-order valence-corrected chi connectivity index (χ3v) is 2.78. The second-order valence-corrected chi connectivity index (χ2v) is 3.72. The van der Waals surface area contributed by atoms with Crippen molar-refractivity contribution >= 4 is 0 Å². The minimum Gasteiger partial charge on any atom is -0.508 e. The molecule has 1 aromatic carbocycles. The molecule has 0 bridgehead atoms. The Morgan fingerprint density at radius 1 is 1.29 bits per heavy atom. The van der Waals surface area contributed by atoms with Crippen LogP contribution in [-0.4, -0.2) is 11.7 Å². The van der Waals surface area contributed by atoms with Crippen LogP contribution in [0.4, 0.5) is 0 Å². The van der Waals surface area contributed by atoms with E-state index < -0.39 is 0 Å². The molecule has 0 heterocycles. The minimum absolute atomic E-state index is 0.378. The molecule has 3 nitrogen and oxygen atoms in total. The number of fused-ring (bicyclic) bond motifs is 1. The van der Waals surface area contributed by atoms with Gasteiger partial charge in [-0.2, -0.15) is 0 Å². The maximum Gasteiger partial charge on any atom is 0.119 e. The quantitative estimate of drug-likeness (QED) is 0.712. The molecule has 0 saturated carbocycles. The molecule has 0 unspecified atom stereocenters. The van der Waals surface area contributed by atoms with Crippen molar-refractivity contribution in [3.63, 3.8) is 0 Å². The summed E-state index contributed by atoms with van der Waals surface area (Å²) in [6.45, 7) is 0.451. The molecule has 0 amide bonds. The molecule has 0 radical (unpaired) electrons. The fourth-order valence-corrected chi connectivity index (χ4v) is 2.03. The first kappa shape index (κ1) is 9.49. The van der Waals surface area contributed by atoms with Gasteiger partial charge < -0.3 is 9.94 Å². The number of hydrogen-bond donors (Lipinski definition) is 2. The fourth-order valence-electron chi connectivity index (χ4n) is 2.03. The molecule has 14 heavy (non-hydrogen) atoms. The number of nitrogens with two attached hydrogens (primary N) is 1. The highest BCUT2D eigenvalue weighted by Gasteiger charge is 2.13. The Hall–Kier alpha value is -1.06. The summed E-state index contributed by atoms with van der Waals surface area (Å²) in [5, 5.41) is 9.70. The number of benzene rings is 1. The van der Waals surface area contributed by atoms with Crippen molar-refractivity contribution in [2.45, 2.75) is 25.7 Å². The monoisotopic (exact) mass is 193 g/mol. The van der Waals surface area contributed by atoms with Gasteiger partial charge in [0.1, 0.15) is 5.75 Å². The molecule has 2 rings (SSSR count). The summed E-state index contributed by atoms with van der Waals surface area (Å²) in [7, 11) is 0. The van der Waals surface area contributed by atoms with Gasteiger partial charge in [-0.25, -0.2) is 5.90 Å². The molecule has 0 atom stereocenters. The first-order valence-electron chi connectivity index (χ1n) is 4.96. The van der Waals surface area contributed by atoms with Crippen LogP contribution in [-0.2, 0) is 24.1 Å². The van der Waals surface area contributed by atoms with E-state index in [1.54, 1.807) is 0 Å². The lowest BCUT2D eigenvalue weighted by molar-refractivity contribution is 0.140. The fraction of sp³-hybridized carbons (Fsp3) is 0.455. The normalized spacial score (nSPS) is 14.4. The molecule has 1 aliphatic carbocycles. The van der Waals surface area contributed by atoms with Gasteiger partial charge >= 0.3 is 0 Å². The Bertz CT molecular complexity index is 336. The zero-order chi connectivity index (χ0) is 9.97. The molecule has 3 N–H and O–H groups in total. The molecule has 0 saturated heterocycles. The number of hydrogen-bond acceptors (Lipinski definition) is 3. The molecule has 0 fully saturated rings. The Kier molecular flexibility index (Phi) is 2.70. The largest absolute Gasteiger partial charge is 0.508 e. The van der Waals surface area contributed by atoms with E-state index in [1.807, 2.05) is 6.07 Å². The van der Waals surface area contributed by atoms with Crippen molar-refractivity contribution in [3.8, 4) is 5.75 Å². The number of phenolic OH excluding ortho intramolecular Hbond substituents is 1. The van der Waals surface area contributed by atoms with Crippen LogP contribution in [0.15, 0.2) is 12.1 Å². The Labute approximate surface area is 83.5 Å². The van der Waals surface area contributed by atoms with Gasteiger partial charge in [0, 0.05) is 6.42 Å². The van der Waals surface area contributed by atoms with Crippen LogP contribution in [0.5, 0.6) is 5.75 Å². The Morgan fingerprint density at radius 2 is 2.00 bits per heavy atom. The predicted octanol–water partition coefficient (Wildman–Crippen LogP) is 1.31. The standard InChI is InChI=1S/C11H15NO2/c12-14-5-4-10-6-8-2-1-3-9(8)7-11(10)13/h6-7,13H,1-5,12H2. The topological polar surface area (TPSA) is 55.5 Å². The molecule has 0 aliphatic heterocycles. The first-order valence-corrected chi connectivity index (χ1v) is 4.96. The van der Waals surface area contributed by atoms with Crippen LogP contribution in [0.1, 0.15) is 23.1 Å². The highest BCUT2D eigenvalue weighted by atomic mass is 16.6. The van der Waals surface area contributed by atoms with Crippen LogP contribution in [0.3, 0.4) is 0 Å². The number of rotatable bonds is 3. The summed E-state index contributed by atoms with van der Waals surface area (Å²) in [6, 6.07) is 3.96. The lowest BCUT2D eigenvalue weighted by atomic mass is 10.0. The lowest BCUT2D eigenvalue weighted by Crippen LogP contribution is -2.04. The highest BCUT2D eigenvalue weighted by molar-refractivity contribution is 5.44. The van der Waals surface area contributed by atoms with Gasteiger partial charge in [0.05, 0.1) is 6.61 Å². The van der Waals surface area contributed by atoms with E-state index in [-0.39, 0.29) is 0 Å². The van der Waals surface area contributed by atoms with Crippen molar-refractivity contribution in [3.05, 3.63) is 28.8 Å². The van der Waals surface area contributed by atoms with E-state index in [0.717, 1.165) is 18.4 Å². The van der Waals surface area contributed by atoms with Crippen molar-refractivity contribution < 1.29 is 9.94 Å². The van der Waals surface area contributed by atoms with Crippen LogP contribution in [0.25, 0.3) is 0 Å². The Morgan fingerprint density at radius 3 is 2.71 bits per heavy atom.